The van der Waals surface area contributed by atoms with E-state index in [9.17, 15) is 0 Å². The third kappa shape index (κ3) is 1.93. The summed E-state index contributed by atoms with van der Waals surface area (Å²) < 4.78 is 10.2. The lowest BCUT2D eigenvalue weighted by molar-refractivity contribution is 0.395. The average Bonchev–Trinajstić information content (AvgIpc) is 2.39. The van der Waals surface area contributed by atoms with E-state index in [4.69, 9.17) is 9.47 Å². The second kappa shape index (κ2) is 4.57. The third-order valence-corrected chi connectivity index (χ3v) is 2.14. The van der Waals surface area contributed by atoms with Gasteiger partial charge in [-0.1, -0.05) is 0 Å². The van der Waals surface area contributed by atoms with Gasteiger partial charge in [0.05, 0.1) is 14.2 Å². The van der Waals surface area contributed by atoms with E-state index in [1.807, 2.05) is 24.3 Å². The van der Waals surface area contributed by atoms with Gasteiger partial charge in [0, 0.05) is 5.56 Å². The molecule has 0 N–H and O–H groups in total. The summed E-state index contributed by atoms with van der Waals surface area (Å²) in [6.45, 7) is 0. The predicted octanol–water partition coefficient (Wildman–Crippen LogP) is 1.56. The summed E-state index contributed by atoms with van der Waals surface area (Å²) in [7, 11) is 3.18. The molecule has 16 heavy (non-hydrogen) atoms. The van der Waals surface area contributed by atoms with Gasteiger partial charge in [0.1, 0.15) is 12.1 Å². The Morgan fingerprint density at radius 3 is 2.38 bits per heavy atom. The number of methoxy groups -OCH3 is 2. The van der Waals surface area contributed by atoms with E-state index in [1.54, 1.807) is 14.2 Å². The van der Waals surface area contributed by atoms with Crippen molar-refractivity contribution in [2.45, 2.75) is 0 Å². The fourth-order valence-electron chi connectivity index (χ4n) is 1.35. The van der Waals surface area contributed by atoms with E-state index in [0.717, 1.165) is 11.3 Å². The van der Waals surface area contributed by atoms with E-state index in [2.05, 4.69) is 15.2 Å². The van der Waals surface area contributed by atoms with Gasteiger partial charge in [-0.15, -0.1) is 10.2 Å². The van der Waals surface area contributed by atoms with Crippen LogP contribution in [0.4, 0.5) is 0 Å². The quantitative estimate of drug-likeness (QED) is 0.780. The van der Waals surface area contributed by atoms with Crippen molar-refractivity contribution >= 4 is 0 Å². The zero-order chi connectivity index (χ0) is 11.4. The van der Waals surface area contributed by atoms with Crippen molar-refractivity contribution in [3.8, 4) is 22.9 Å². The molecule has 0 radical (unpaired) electrons. The number of benzene rings is 1. The van der Waals surface area contributed by atoms with Gasteiger partial charge in [0.15, 0.2) is 5.69 Å². The monoisotopic (exact) mass is 217 g/mol. The molecule has 0 saturated carbocycles. The molecule has 0 aliphatic heterocycles. The Kier molecular flexibility index (Phi) is 2.95. The molecule has 0 spiro atoms. The van der Waals surface area contributed by atoms with E-state index in [-0.39, 0.29) is 0 Å². The number of hydrogen-bond acceptors (Lipinski definition) is 5. The lowest BCUT2D eigenvalue weighted by atomic mass is 10.1. The molecule has 0 saturated heterocycles. The fraction of sp³-hybridized carbons (Fsp3) is 0.182. The summed E-state index contributed by atoms with van der Waals surface area (Å²) in [5.41, 5.74) is 1.51. The van der Waals surface area contributed by atoms with Gasteiger partial charge in [-0.05, 0) is 24.3 Å². The Hall–Kier alpha value is -2.17. The number of hydrogen-bond donors (Lipinski definition) is 0. The van der Waals surface area contributed by atoms with Gasteiger partial charge in [-0.25, -0.2) is 0 Å². The molecular formula is C11H11N3O2. The van der Waals surface area contributed by atoms with Crippen LogP contribution in [0.3, 0.4) is 0 Å². The minimum atomic E-state index is 0.458. The molecule has 5 nitrogen and oxygen atoms in total. The summed E-state index contributed by atoms with van der Waals surface area (Å²) in [4.78, 5) is 3.99. The van der Waals surface area contributed by atoms with Gasteiger partial charge < -0.3 is 9.47 Å². The highest BCUT2D eigenvalue weighted by Crippen LogP contribution is 2.25. The predicted molar refractivity (Wildman–Crippen MR) is 58.4 cm³/mol. The van der Waals surface area contributed by atoms with Crippen LogP contribution in [0, 0.1) is 0 Å². The van der Waals surface area contributed by atoms with Crippen LogP contribution >= 0.6 is 0 Å². The first-order valence-corrected chi connectivity index (χ1v) is 4.71. The molecule has 5 heteroatoms. The molecule has 0 atom stereocenters. The molecule has 0 unspecified atom stereocenters. The Morgan fingerprint density at radius 1 is 1.00 bits per heavy atom. The van der Waals surface area contributed by atoms with Crippen LogP contribution in [0.5, 0.6) is 11.6 Å². The first kappa shape index (κ1) is 10.4. The van der Waals surface area contributed by atoms with Crippen LogP contribution in [0.15, 0.2) is 30.6 Å². The van der Waals surface area contributed by atoms with Crippen molar-refractivity contribution in [1.29, 1.82) is 0 Å². The van der Waals surface area contributed by atoms with Crippen molar-refractivity contribution in [2.24, 2.45) is 0 Å². The molecule has 82 valence electrons. The molecule has 2 rings (SSSR count). The highest BCUT2D eigenvalue weighted by atomic mass is 16.5. The summed E-state index contributed by atoms with van der Waals surface area (Å²) in [5, 5.41) is 7.74. The minimum absolute atomic E-state index is 0.458. The lowest BCUT2D eigenvalue weighted by Crippen LogP contribution is -1.96. The smallest absolute Gasteiger partial charge is 0.243 e. The Bertz CT molecular complexity index is 471. The van der Waals surface area contributed by atoms with E-state index >= 15 is 0 Å². The van der Waals surface area contributed by atoms with Crippen LogP contribution in [-0.2, 0) is 0 Å². The standard InChI is InChI=1S/C11H11N3O2/c1-15-9-5-3-8(4-6-9)10-11(16-2)12-7-13-14-10/h3-7H,1-2H3. The summed E-state index contributed by atoms with van der Waals surface area (Å²) in [5.74, 6) is 1.25. The molecule has 0 fully saturated rings. The zero-order valence-corrected chi connectivity index (χ0v) is 9.04. The van der Waals surface area contributed by atoms with Crippen LogP contribution in [0.25, 0.3) is 11.3 Å². The molecule has 2 aromatic rings. The van der Waals surface area contributed by atoms with Gasteiger partial charge in [-0.2, -0.15) is 4.98 Å². The van der Waals surface area contributed by atoms with Crippen molar-refractivity contribution in [1.82, 2.24) is 15.2 Å². The normalized spacial score (nSPS) is 9.88. The first-order valence-electron chi connectivity index (χ1n) is 4.71. The van der Waals surface area contributed by atoms with Crippen LogP contribution in [-0.4, -0.2) is 29.4 Å². The summed E-state index contributed by atoms with van der Waals surface area (Å²) >= 11 is 0. The van der Waals surface area contributed by atoms with Crippen molar-refractivity contribution < 1.29 is 9.47 Å². The molecule has 0 aliphatic carbocycles. The molecule has 1 aromatic carbocycles. The van der Waals surface area contributed by atoms with Gasteiger partial charge in [0.2, 0.25) is 5.88 Å². The largest absolute Gasteiger partial charge is 0.497 e. The minimum Gasteiger partial charge on any atom is -0.497 e. The lowest BCUT2D eigenvalue weighted by Gasteiger charge is -2.05. The van der Waals surface area contributed by atoms with E-state index in [1.165, 1.54) is 6.33 Å². The number of nitrogens with zero attached hydrogens (tertiary/aromatic N) is 3. The highest BCUT2D eigenvalue weighted by Gasteiger charge is 2.08. The molecule has 0 amide bonds. The number of aromatic nitrogens is 3. The number of rotatable bonds is 3. The Morgan fingerprint density at radius 2 is 1.75 bits per heavy atom. The second-order valence-electron chi connectivity index (χ2n) is 3.05. The molecular weight excluding hydrogens is 206 g/mol. The van der Waals surface area contributed by atoms with Gasteiger partial charge in [0.25, 0.3) is 0 Å². The topological polar surface area (TPSA) is 57.1 Å². The van der Waals surface area contributed by atoms with Crippen molar-refractivity contribution in [3.63, 3.8) is 0 Å². The fourth-order valence-corrected chi connectivity index (χ4v) is 1.35. The average molecular weight is 217 g/mol. The molecule has 0 bridgehead atoms. The highest BCUT2D eigenvalue weighted by molar-refractivity contribution is 5.64. The van der Waals surface area contributed by atoms with E-state index in [0.29, 0.717) is 11.6 Å². The van der Waals surface area contributed by atoms with Crippen molar-refractivity contribution in [3.05, 3.63) is 30.6 Å². The second-order valence-corrected chi connectivity index (χ2v) is 3.05. The molecule has 1 aromatic heterocycles. The summed E-state index contributed by atoms with van der Waals surface area (Å²) in [6.07, 6.45) is 1.35. The SMILES string of the molecule is COc1ccc(-c2nncnc2OC)cc1. The van der Waals surface area contributed by atoms with Crippen LogP contribution in [0.1, 0.15) is 0 Å². The van der Waals surface area contributed by atoms with Crippen LogP contribution < -0.4 is 9.47 Å². The zero-order valence-electron chi connectivity index (χ0n) is 9.04. The summed E-state index contributed by atoms with van der Waals surface area (Å²) in [6, 6.07) is 7.47. The van der Waals surface area contributed by atoms with Gasteiger partial charge >= 0.3 is 0 Å². The van der Waals surface area contributed by atoms with Crippen molar-refractivity contribution in [2.75, 3.05) is 14.2 Å². The molecule has 0 aliphatic rings. The Balaban J connectivity index is 2.42. The van der Waals surface area contributed by atoms with Crippen LogP contribution in [0.2, 0.25) is 0 Å². The third-order valence-electron chi connectivity index (χ3n) is 2.14. The first-order chi connectivity index (χ1) is 7.85. The maximum atomic E-state index is 5.11. The maximum Gasteiger partial charge on any atom is 0.243 e. The number of ether oxygens (including phenoxy) is 2. The Labute approximate surface area is 93.1 Å². The maximum absolute atomic E-state index is 5.11. The van der Waals surface area contributed by atoms with E-state index < -0.39 is 0 Å². The molecule has 1 heterocycles. The van der Waals surface area contributed by atoms with Gasteiger partial charge in [-0.3, -0.25) is 0 Å².